The van der Waals surface area contributed by atoms with Crippen LogP contribution in [0.4, 0.5) is 10.5 Å². The van der Waals surface area contributed by atoms with Crippen LogP contribution in [0.5, 0.6) is 0 Å². The molecule has 1 heterocycles. The molecule has 2 aromatic rings. The van der Waals surface area contributed by atoms with Crippen LogP contribution in [0.15, 0.2) is 47.5 Å². The standard InChI is InChI=1S/C16H20N4O3S/c1-3-12-7-8-13(10-15(12)24(17,22)23)20-16(21)19-11(2)14-6-4-5-9-18-14/h4-11H,3H2,1-2H3,(H2,17,22,23)(H2,19,20,21). The summed E-state index contributed by atoms with van der Waals surface area (Å²) in [4.78, 5) is 16.3. The average Bonchev–Trinajstić information content (AvgIpc) is 2.54. The van der Waals surface area contributed by atoms with Crippen molar-refractivity contribution in [3.05, 3.63) is 53.9 Å². The molecule has 2 amide bonds. The number of sulfonamides is 1. The highest BCUT2D eigenvalue weighted by Gasteiger charge is 2.15. The zero-order chi connectivity index (χ0) is 17.7. The molecule has 1 aromatic heterocycles. The van der Waals surface area contributed by atoms with Crippen LogP contribution in [-0.2, 0) is 16.4 Å². The number of carbonyl (C=O) groups excluding carboxylic acids is 1. The number of nitrogens with two attached hydrogens (primary N) is 1. The number of benzene rings is 1. The lowest BCUT2D eigenvalue weighted by Crippen LogP contribution is -2.31. The lowest BCUT2D eigenvalue weighted by Gasteiger charge is -2.15. The van der Waals surface area contributed by atoms with E-state index in [0.717, 1.165) is 5.69 Å². The van der Waals surface area contributed by atoms with Gasteiger partial charge < -0.3 is 10.6 Å². The number of nitrogens with zero attached hydrogens (tertiary/aromatic N) is 1. The second kappa shape index (κ2) is 7.41. The first-order valence-corrected chi connectivity index (χ1v) is 9.00. The highest BCUT2D eigenvalue weighted by atomic mass is 32.2. The molecule has 0 spiro atoms. The van der Waals surface area contributed by atoms with Gasteiger partial charge >= 0.3 is 6.03 Å². The van der Waals surface area contributed by atoms with E-state index >= 15 is 0 Å². The number of pyridine rings is 1. The summed E-state index contributed by atoms with van der Waals surface area (Å²) in [5.41, 5.74) is 1.67. The van der Waals surface area contributed by atoms with Crippen molar-refractivity contribution in [2.75, 3.05) is 5.32 Å². The van der Waals surface area contributed by atoms with Crippen molar-refractivity contribution < 1.29 is 13.2 Å². The van der Waals surface area contributed by atoms with Crippen molar-refractivity contribution in [2.45, 2.75) is 31.2 Å². The van der Waals surface area contributed by atoms with E-state index in [4.69, 9.17) is 5.14 Å². The predicted molar refractivity (Wildman–Crippen MR) is 92.0 cm³/mol. The first-order valence-electron chi connectivity index (χ1n) is 7.45. The largest absolute Gasteiger partial charge is 0.330 e. The van der Waals surface area contributed by atoms with Gasteiger partial charge in [0, 0.05) is 11.9 Å². The quantitative estimate of drug-likeness (QED) is 0.768. The molecule has 1 atom stereocenters. The third-order valence-corrected chi connectivity index (χ3v) is 4.48. The highest BCUT2D eigenvalue weighted by molar-refractivity contribution is 7.89. The molecule has 0 fully saturated rings. The van der Waals surface area contributed by atoms with Crippen LogP contribution < -0.4 is 15.8 Å². The Morgan fingerprint density at radius 1 is 1.29 bits per heavy atom. The fraction of sp³-hybridized carbons (Fsp3) is 0.250. The fourth-order valence-corrected chi connectivity index (χ4v) is 3.13. The second-order valence-electron chi connectivity index (χ2n) is 5.30. The summed E-state index contributed by atoms with van der Waals surface area (Å²) in [5.74, 6) is 0. The monoisotopic (exact) mass is 348 g/mol. The third kappa shape index (κ3) is 4.53. The number of anilines is 1. The van der Waals surface area contributed by atoms with Crippen LogP contribution in [0.2, 0.25) is 0 Å². The summed E-state index contributed by atoms with van der Waals surface area (Å²) in [5, 5.41) is 10.6. The second-order valence-corrected chi connectivity index (χ2v) is 6.83. The number of urea groups is 1. The lowest BCUT2D eigenvalue weighted by molar-refractivity contribution is 0.249. The maximum absolute atomic E-state index is 12.1. The summed E-state index contributed by atoms with van der Waals surface area (Å²) < 4.78 is 23.3. The van der Waals surface area contributed by atoms with Gasteiger partial charge in [0.15, 0.2) is 0 Å². The van der Waals surface area contributed by atoms with Crippen LogP contribution in [0, 0.1) is 0 Å². The highest BCUT2D eigenvalue weighted by Crippen LogP contribution is 2.20. The van der Waals surface area contributed by atoms with E-state index in [0.29, 0.717) is 17.7 Å². The predicted octanol–water partition coefficient (Wildman–Crippen LogP) is 2.17. The van der Waals surface area contributed by atoms with Gasteiger partial charge in [0.05, 0.1) is 16.6 Å². The summed E-state index contributed by atoms with van der Waals surface area (Å²) in [6.07, 6.45) is 2.17. The van der Waals surface area contributed by atoms with E-state index in [1.165, 1.54) is 6.07 Å². The molecule has 0 radical (unpaired) electrons. The van der Waals surface area contributed by atoms with Crippen molar-refractivity contribution in [3.8, 4) is 0 Å². The Balaban J connectivity index is 2.12. The first kappa shape index (κ1) is 17.9. The number of nitrogens with one attached hydrogen (secondary N) is 2. The van der Waals surface area contributed by atoms with Gasteiger partial charge in [-0.2, -0.15) is 0 Å². The molecule has 1 aromatic carbocycles. The van der Waals surface area contributed by atoms with Gasteiger partial charge in [-0.1, -0.05) is 19.1 Å². The maximum Gasteiger partial charge on any atom is 0.319 e. The minimum Gasteiger partial charge on any atom is -0.330 e. The van der Waals surface area contributed by atoms with Gasteiger partial charge in [-0.25, -0.2) is 18.4 Å². The number of primary sulfonamides is 1. The molecule has 2 rings (SSSR count). The molecule has 1 unspecified atom stereocenters. The fourth-order valence-electron chi connectivity index (χ4n) is 2.26. The molecule has 24 heavy (non-hydrogen) atoms. The van der Waals surface area contributed by atoms with Gasteiger partial charge in [-0.05, 0) is 43.2 Å². The van der Waals surface area contributed by atoms with Crippen molar-refractivity contribution in [1.82, 2.24) is 10.3 Å². The molecule has 0 saturated heterocycles. The minimum atomic E-state index is -3.85. The van der Waals surface area contributed by atoms with E-state index in [-0.39, 0.29) is 10.9 Å². The molecule has 0 aliphatic carbocycles. The van der Waals surface area contributed by atoms with E-state index < -0.39 is 16.1 Å². The number of carbonyl (C=O) groups is 1. The van der Waals surface area contributed by atoms with Gasteiger partial charge in [0.2, 0.25) is 10.0 Å². The zero-order valence-electron chi connectivity index (χ0n) is 13.5. The van der Waals surface area contributed by atoms with E-state index in [1.807, 2.05) is 13.0 Å². The van der Waals surface area contributed by atoms with Crippen molar-refractivity contribution in [1.29, 1.82) is 0 Å². The van der Waals surface area contributed by atoms with Gasteiger partial charge in [-0.15, -0.1) is 0 Å². The van der Waals surface area contributed by atoms with Crippen molar-refractivity contribution >= 4 is 21.7 Å². The molecule has 128 valence electrons. The number of rotatable bonds is 5. The summed E-state index contributed by atoms with van der Waals surface area (Å²) in [6.45, 7) is 3.64. The number of hydrogen-bond donors (Lipinski definition) is 3. The van der Waals surface area contributed by atoms with Crippen LogP contribution in [0.25, 0.3) is 0 Å². The lowest BCUT2D eigenvalue weighted by atomic mass is 10.1. The van der Waals surface area contributed by atoms with Crippen LogP contribution in [0.3, 0.4) is 0 Å². The van der Waals surface area contributed by atoms with Gasteiger partial charge in [-0.3, -0.25) is 4.98 Å². The van der Waals surface area contributed by atoms with Crippen LogP contribution in [0.1, 0.15) is 31.1 Å². The Morgan fingerprint density at radius 2 is 2.04 bits per heavy atom. The Hall–Kier alpha value is -2.45. The molecule has 0 aliphatic heterocycles. The van der Waals surface area contributed by atoms with Crippen molar-refractivity contribution in [3.63, 3.8) is 0 Å². The van der Waals surface area contributed by atoms with Crippen LogP contribution >= 0.6 is 0 Å². The van der Waals surface area contributed by atoms with Crippen LogP contribution in [-0.4, -0.2) is 19.4 Å². The molecule has 4 N–H and O–H groups in total. The zero-order valence-corrected chi connectivity index (χ0v) is 14.3. The number of aryl methyl sites for hydroxylation is 1. The minimum absolute atomic E-state index is 0.0144. The normalized spacial score (nSPS) is 12.5. The molecular weight excluding hydrogens is 328 g/mol. The number of amides is 2. The molecular formula is C16H20N4O3S. The molecule has 8 heteroatoms. The van der Waals surface area contributed by atoms with E-state index in [9.17, 15) is 13.2 Å². The Morgan fingerprint density at radius 3 is 2.62 bits per heavy atom. The average molecular weight is 348 g/mol. The van der Waals surface area contributed by atoms with Crippen molar-refractivity contribution in [2.24, 2.45) is 5.14 Å². The third-order valence-electron chi connectivity index (χ3n) is 3.49. The molecule has 7 nitrogen and oxygen atoms in total. The van der Waals surface area contributed by atoms with Gasteiger partial charge in [0.25, 0.3) is 0 Å². The maximum atomic E-state index is 12.1. The molecule has 0 aliphatic rings. The molecule has 0 saturated carbocycles. The molecule has 0 bridgehead atoms. The Labute approximate surface area is 141 Å². The summed E-state index contributed by atoms with van der Waals surface area (Å²) in [6, 6.07) is 9.31. The topological polar surface area (TPSA) is 114 Å². The Bertz CT molecular complexity index is 822. The van der Waals surface area contributed by atoms with E-state index in [1.54, 1.807) is 37.4 Å². The van der Waals surface area contributed by atoms with E-state index in [2.05, 4.69) is 15.6 Å². The SMILES string of the molecule is CCc1ccc(NC(=O)NC(C)c2ccccn2)cc1S(N)(=O)=O. The number of aromatic nitrogens is 1. The summed E-state index contributed by atoms with van der Waals surface area (Å²) in [7, 11) is -3.85. The number of hydrogen-bond acceptors (Lipinski definition) is 4. The van der Waals surface area contributed by atoms with Gasteiger partial charge in [0.1, 0.15) is 0 Å². The smallest absolute Gasteiger partial charge is 0.319 e. The first-order chi connectivity index (χ1) is 11.3. The summed E-state index contributed by atoms with van der Waals surface area (Å²) >= 11 is 0. The Kier molecular flexibility index (Phi) is 5.53.